The first-order chi connectivity index (χ1) is 11.6. The van der Waals surface area contributed by atoms with Crippen molar-refractivity contribution >= 4 is 11.9 Å². The molecule has 2 aromatic carbocycles. The van der Waals surface area contributed by atoms with Crippen LogP contribution in [0, 0.1) is 0 Å². The van der Waals surface area contributed by atoms with Crippen LogP contribution in [0.1, 0.15) is 26.3 Å². The zero-order valence-electron chi connectivity index (χ0n) is 13.7. The minimum atomic E-state index is -0.554. The third-order valence-corrected chi connectivity index (χ3v) is 3.38. The first-order valence-electron chi connectivity index (χ1n) is 7.16. The quantitative estimate of drug-likeness (QED) is 0.759. The van der Waals surface area contributed by atoms with Gasteiger partial charge in [-0.15, -0.1) is 0 Å². The fourth-order valence-electron chi connectivity index (χ4n) is 2.13. The van der Waals surface area contributed by atoms with E-state index in [4.69, 9.17) is 14.2 Å². The SMILES string of the molecule is COC(=O)c1ccc(COC(=O)c2c(OC)cccc2OC)cc1. The van der Waals surface area contributed by atoms with Crippen molar-refractivity contribution in [2.24, 2.45) is 0 Å². The Morgan fingerprint density at radius 3 is 1.92 bits per heavy atom. The Morgan fingerprint density at radius 1 is 0.833 bits per heavy atom. The highest BCUT2D eigenvalue weighted by atomic mass is 16.5. The molecule has 0 spiro atoms. The number of hydrogen-bond acceptors (Lipinski definition) is 6. The highest BCUT2D eigenvalue weighted by molar-refractivity contribution is 5.95. The van der Waals surface area contributed by atoms with Crippen molar-refractivity contribution in [1.29, 1.82) is 0 Å². The molecule has 126 valence electrons. The number of rotatable bonds is 6. The van der Waals surface area contributed by atoms with E-state index in [1.165, 1.54) is 21.3 Å². The maximum Gasteiger partial charge on any atom is 0.346 e. The molecule has 0 atom stereocenters. The van der Waals surface area contributed by atoms with E-state index in [1.807, 2.05) is 0 Å². The van der Waals surface area contributed by atoms with Crippen LogP contribution in [0.4, 0.5) is 0 Å². The van der Waals surface area contributed by atoms with Gasteiger partial charge in [-0.2, -0.15) is 0 Å². The van der Waals surface area contributed by atoms with E-state index < -0.39 is 11.9 Å². The highest BCUT2D eigenvalue weighted by Crippen LogP contribution is 2.29. The normalized spacial score (nSPS) is 9.96. The van der Waals surface area contributed by atoms with Crippen LogP contribution < -0.4 is 9.47 Å². The van der Waals surface area contributed by atoms with Gasteiger partial charge in [0.2, 0.25) is 0 Å². The molecule has 0 aromatic heterocycles. The predicted octanol–water partition coefficient (Wildman–Crippen LogP) is 2.85. The molecule has 0 bridgehead atoms. The molecule has 0 unspecified atom stereocenters. The minimum absolute atomic E-state index is 0.0570. The molecule has 24 heavy (non-hydrogen) atoms. The van der Waals surface area contributed by atoms with Crippen molar-refractivity contribution in [2.75, 3.05) is 21.3 Å². The molecular weight excluding hydrogens is 312 g/mol. The number of esters is 2. The summed E-state index contributed by atoms with van der Waals surface area (Å²) >= 11 is 0. The molecular formula is C18H18O6. The summed E-state index contributed by atoms with van der Waals surface area (Å²) in [4.78, 5) is 23.7. The fraction of sp³-hybridized carbons (Fsp3) is 0.222. The van der Waals surface area contributed by atoms with Crippen LogP contribution in [0.15, 0.2) is 42.5 Å². The Bertz CT molecular complexity index is 699. The van der Waals surface area contributed by atoms with Gasteiger partial charge in [-0.1, -0.05) is 18.2 Å². The van der Waals surface area contributed by atoms with Crippen LogP contribution in [0.25, 0.3) is 0 Å². The van der Waals surface area contributed by atoms with E-state index in [2.05, 4.69) is 4.74 Å². The Balaban J connectivity index is 2.10. The summed E-state index contributed by atoms with van der Waals surface area (Å²) in [5, 5.41) is 0. The molecule has 0 fully saturated rings. The maximum absolute atomic E-state index is 12.3. The molecule has 0 amide bonds. The van der Waals surface area contributed by atoms with Gasteiger partial charge in [0, 0.05) is 0 Å². The molecule has 0 N–H and O–H groups in total. The van der Waals surface area contributed by atoms with Crippen molar-refractivity contribution in [1.82, 2.24) is 0 Å². The lowest BCUT2D eigenvalue weighted by molar-refractivity contribution is 0.0464. The van der Waals surface area contributed by atoms with Gasteiger partial charge in [0.05, 0.1) is 26.9 Å². The first kappa shape index (κ1) is 17.3. The average Bonchev–Trinajstić information content (AvgIpc) is 2.65. The lowest BCUT2D eigenvalue weighted by Gasteiger charge is -2.12. The Morgan fingerprint density at radius 2 is 1.42 bits per heavy atom. The standard InChI is InChI=1S/C18H18O6/c1-21-14-5-4-6-15(22-2)16(14)18(20)24-11-12-7-9-13(10-8-12)17(19)23-3/h4-10H,11H2,1-3H3. The van der Waals surface area contributed by atoms with Crippen molar-refractivity contribution < 1.29 is 28.5 Å². The summed E-state index contributed by atoms with van der Waals surface area (Å²) < 4.78 is 20.3. The molecule has 0 aliphatic carbocycles. The topological polar surface area (TPSA) is 71.1 Å². The van der Waals surface area contributed by atoms with E-state index in [1.54, 1.807) is 42.5 Å². The molecule has 0 radical (unpaired) electrons. The second-order valence-electron chi connectivity index (χ2n) is 4.80. The van der Waals surface area contributed by atoms with Gasteiger partial charge in [-0.3, -0.25) is 0 Å². The van der Waals surface area contributed by atoms with Crippen LogP contribution in [0.5, 0.6) is 11.5 Å². The van der Waals surface area contributed by atoms with Crippen LogP contribution in [0.2, 0.25) is 0 Å². The maximum atomic E-state index is 12.3. The van der Waals surface area contributed by atoms with Crippen molar-refractivity contribution in [2.45, 2.75) is 6.61 Å². The highest BCUT2D eigenvalue weighted by Gasteiger charge is 2.19. The van der Waals surface area contributed by atoms with E-state index >= 15 is 0 Å². The molecule has 0 saturated heterocycles. The Kier molecular flexibility index (Phi) is 5.78. The third-order valence-electron chi connectivity index (χ3n) is 3.38. The number of carbonyl (C=O) groups is 2. The predicted molar refractivity (Wildman–Crippen MR) is 86.4 cm³/mol. The van der Waals surface area contributed by atoms with E-state index in [-0.39, 0.29) is 12.2 Å². The zero-order valence-corrected chi connectivity index (χ0v) is 13.7. The first-order valence-corrected chi connectivity index (χ1v) is 7.16. The van der Waals surface area contributed by atoms with Gasteiger partial charge in [0.15, 0.2) is 0 Å². The van der Waals surface area contributed by atoms with Gasteiger partial charge in [0.1, 0.15) is 23.7 Å². The summed E-state index contributed by atoms with van der Waals surface area (Å²) in [5.74, 6) is -0.223. The van der Waals surface area contributed by atoms with Gasteiger partial charge < -0.3 is 18.9 Å². The average molecular weight is 330 g/mol. The number of carbonyl (C=O) groups excluding carboxylic acids is 2. The van der Waals surface area contributed by atoms with Crippen LogP contribution >= 0.6 is 0 Å². The van der Waals surface area contributed by atoms with Crippen molar-refractivity contribution in [3.05, 3.63) is 59.2 Å². The Hall–Kier alpha value is -3.02. The van der Waals surface area contributed by atoms with Gasteiger partial charge in [-0.05, 0) is 29.8 Å². The summed E-state index contributed by atoms with van der Waals surface area (Å²) in [6.07, 6.45) is 0. The van der Waals surface area contributed by atoms with Crippen LogP contribution in [-0.2, 0) is 16.1 Å². The number of methoxy groups -OCH3 is 3. The third kappa shape index (κ3) is 3.84. The summed E-state index contributed by atoms with van der Waals surface area (Å²) in [7, 11) is 4.26. The Labute approximate surface area is 139 Å². The number of hydrogen-bond donors (Lipinski definition) is 0. The lowest BCUT2D eigenvalue weighted by Crippen LogP contribution is -2.09. The van der Waals surface area contributed by atoms with Gasteiger partial charge in [-0.25, -0.2) is 9.59 Å². The molecule has 0 aliphatic rings. The number of ether oxygens (including phenoxy) is 4. The van der Waals surface area contributed by atoms with E-state index in [0.717, 1.165) is 5.56 Å². The smallest absolute Gasteiger partial charge is 0.346 e. The summed E-state index contributed by atoms with van der Waals surface area (Å²) in [6.45, 7) is 0.0570. The van der Waals surface area contributed by atoms with E-state index in [0.29, 0.717) is 17.1 Å². The fourth-order valence-corrected chi connectivity index (χ4v) is 2.13. The molecule has 0 aliphatic heterocycles. The van der Waals surface area contributed by atoms with Gasteiger partial charge in [0.25, 0.3) is 0 Å². The molecule has 0 saturated carbocycles. The lowest BCUT2D eigenvalue weighted by atomic mass is 10.1. The van der Waals surface area contributed by atoms with E-state index in [9.17, 15) is 9.59 Å². The molecule has 6 nitrogen and oxygen atoms in total. The summed E-state index contributed by atoms with van der Waals surface area (Å²) in [5.41, 5.74) is 1.40. The molecule has 2 aromatic rings. The summed E-state index contributed by atoms with van der Waals surface area (Å²) in [6, 6.07) is 11.6. The molecule has 0 heterocycles. The van der Waals surface area contributed by atoms with Gasteiger partial charge >= 0.3 is 11.9 Å². The molecule has 2 rings (SSSR count). The van der Waals surface area contributed by atoms with Crippen molar-refractivity contribution in [3.8, 4) is 11.5 Å². The second-order valence-corrected chi connectivity index (χ2v) is 4.80. The number of benzene rings is 2. The van der Waals surface area contributed by atoms with Crippen LogP contribution in [-0.4, -0.2) is 33.3 Å². The minimum Gasteiger partial charge on any atom is -0.496 e. The van der Waals surface area contributed by atoms with Crippen molar-refractivity contribution in [3.63, 3.8) is 0 Å². The monoisotopic (exact) mass is 330 g/mol. The van der Waals surface area contributed by atoms with Crippen LogP contribution in [0.3, 0.4) is 0 Å². The zero-order chi connectivity index (χ0) is 17.5. The molecule has 6 heteroatoms. The largest absolute Gasteiger partial charge is 0.496 e. The second kappa shape index (κ2) is 8.01.